The fraction of sp³-hybridized carbons (Fsp3) is 0.417. The second-order valence-corrected chi connectivity index (χ2v) is 3.92. The molecule has 94 valence electrons. The number of hydrogen-bond donors (Lipinski definition) is 3. The summed E-state index contributed by atoms with van der Waals surface area (Å²) in [6.45, 7) is 2.49. The molecule has 0 aliphatic carbocycles. The van der Waals surface area contributed by atoms with Gasteiger partial charge in [0, 0.05) is 18.3 Å². The Kier molecular flexibility index (Phi) is 4.90. The zero-order valence-electron chi connectivity index (χ0n) is 9.87. The van der Waals surface area contributed by atoms with Gasteiger partial charge < -0.3 is 16.8 Å². The lowest BCUT2D eigenvalue weighted by Crippen LogP contribution is -2.29. The summed E-state index contributed by atoms with van der Waals surface area (Å²) in [5, 5.41) is 3.11. The van der Waals surface area contributed by atoms with Gasteiger partial charge in [0.1, 0.15) is 5.82 Å². The number of amides is 1. The van der Waals surface area contributed by atoms with Crippen LogP contribution in [0.5, 0.6) is 0 Å². The predicted molar refractivity (Wildman–Crippen MR) is 66.3 cm³/mol. The van der Waals surface area contributed by atoms with E-state index in [1.807, 2.05) is 6.92 Å². The average Bonchev–Trinajstić information content (AvgIpc) is 2.30. The third-order valence-corrected chi connectivity index (χ3v) is 2.53. The van der Waals surface area contributed by atoms with E-state index < -0.39 is 11.7 Å². The molecule has 17 heavy (non-hydrogen) atoms. The van der Waals surface area contributed by atoms with Crippen LogP contribution in [0.2, 0.25) is 0 Å². The summed E-state index contributed by atoms with van der Waals surface area (Å²) >= 11 is 0. The molecule has 1 rings (SSSR count). The van der Waals surface area contributed by atoms with Crippen LogP contribution in [0.3, 0.4) is 0 Å². The summed E-state index contributed by atoms with van der Waals surface area (Å²) in [5.74, 6) is -1.14. The molecule has 0 heterocycles. The fourth-order valence-electron chi connectivity index (χ4n) is 1.66. The predicted octanol–water partition coefficient (Wildman–Crippen LogP) is 1.46. The molecular weight excluding hydrogens is 221 g/mol. The highest BCUT2D eigenvalue weighted by Crippen LogP contribution is 2.18. The highest BCUT2D eigenvalue weighted by atomic mass is 19.1. The number of carbonyl (C=O) groups is 1. The Bertz CT molecular complexity index is 395. The van der Waals surface area contributed by atoms with Gasteiger partial charge in [-0.3, -0.25) is 4.79 Å². The Morgan fingerprint density at radius 1 is 1.53 bits per heavy atom. The lowest BCUT2D eigenvalue weighted by Gasteiger charge is -2.19. The Balaban J connectivity index is 2.92. The number of hydrogen-bond acceptors (Lipinski definition) is 3. The molecule has 5 N–H and O–H groups in total. The topological polar surface area (TPSA) is 81.1 Å². The first-order valence-electron chi connectivity index (χ1n) is 5.64. The van der Waals surface area contributed by atoms with Gasteiger partial charge >= 0.3 is 0 Å². The molecule has 1 amide bonds. The maximum atomic E-state index is 13.0. The summed E-state index contributed by atoms with van der Waals surface area (Å²) in [7, 11) is 0. The molecule has 0 aliphatic heterocycles. The molecule has 0 fully saturated rings. The molecule has 0 aromatic heterocycles. The number of halogens is 1. The number of anilines is 1. The van der Waals surface area contributed by atoms with E-state index >= 15 is 0 Å². The summed E-state index contributed by atoms with van der Waals surface area (Å²) in [4.78, 5) is 11.2. The van der Waals surface area contributed by atoms with E-state index in [0.717, 1.165) is 18.9 Å². The van der Waals surface area contributed by atoms with Crippen LogP contribution >= 0.6 is 0 Å². The zero-order chi connectivity index (χ0) is 12.8. The summed E-state index contributed by atoms with van der Waals surface area (Å²) in [5.41, 5.74) is 11.5. The maximum Gasteiger partial charge on any atom is 0.250 e. The molecule has 1 atom stereocenters. The minimum Gasteiger partial charge on any atom is -0.380 e. The number of nitrogens with one attached hydrogen (secondary N) is 1. The van der Waals surface area contributed by atoms with Crippen molar-refractivity contribution >= 4 is 11.6 Å². The van der Waals surface area contributed by atoms with Crippen molar-refractivity contribution in [2.75, 3.05) is 11.9 Å². The minimum absolute atomic E-state index is 0.0589. The third-order valence-electron chi connectivity index (χ3n) is 2.53. The van der Waals surface area contributed by atoms with Crippen molar-refractivity contribution in [2.24, 2.45) is 11.5 Å². The van der Waals surface area contributed by atoms with E-state index in [1.165, 1.54) is 12.1 Å². The van der Waals surface area contributed by atoms with Crippen LogP contribution in [-0.2, 0) is 0 Å². The maximum absolute atomic E-state index is 13.0. The molecule has 1 aromatic rings. The van der Waals surface area contributed by atoms with Crippen molar-refractivity contribution in [2.45, 2.75) is 25.8 Å². The van der Waals surface area contributed by atoms with Gasteiger partial charge in [0.2, 0.25) is 0 Å². The van der Waals surface area contributed by atoms with Gasteiger partial charge in [-0.2, -0.15) is 0 Å². The summed E-state index contributed by atoms with van der Waals surface area (Å²) in [6.07, 6.45) is 1.86. The molecule has 1 unspecified atom stereocenters. The quantitative estimate of drug-likeness (QED) is 0.703. The molecule has 0 saturated heterocycles. The minimum atomic E-state index is -0.653. The SMILES string of the molecule is CCCC(CN)Nc1ccc(F)cc1C(N)=O. The van der Waals surface area contributed by atoms with Gasteiger partial charge in [0.05, 0.1) is 5.56 Å². The normalized spacial score (nSPS) is 12.2. The van der Waals surface area contributed by atoms with Crippen molar-refractivity contribution in [1.29, 1.82) is 0 Å². The second kappa shape index (κ2) is 6.20. The molecule has 0 saturated carbocycles. The van der Waals surface area contributed by atoms with Gasteiger partial charge in [-0.25, -0.2) is 4.39 Å². The van der Waals surface area contributed by atoms with E-state index in [1.54, 1.807) is 0 Å². The Morgan fingerprint density at radius 3 is 2.76 bits per heavy atom. The average molecular weight is 239 g/mol. The first kappa shape index (κ1) is 13.4. The highest BCUT2D eigenvalue weighted by Gasteiger charge is 2.12. The van der Waals surface area contributed by atoms with E-state index in [4.69, 9.17) is 11.5 Å². The van der Waals surface area contributed by atoms with Gasteiger partial charge in [0.25, 0.3) is 5.91 Å². The van der Waals surface area contributed by atoms with Gasteiger partial charge in [-0.05, 0) is 24.6 Å². The van der Waals surface area contributed by atoms with E-state index in [9.17, 15) is 9.18 Å². The largest absolute Gasteiger partial charge is 0.380 e. The van der Waals surface area contributed by atoms with Crippen LogP contribution in [0.4, 0.5) is 10.1 Å². The van der Waals surface area contributed by atoms with Crippen molar-refractivity contribution < 1.29 is 9.18 Å². The van der Waals surface area contributed by atoms with Crippen LogP contribution in [0.25, 0.3) is 0 Å². The first-order valence-corrected chi connectivity index (χ1v) is 5.64. The van der Waals surface area contributed by atoms with Crippen molar-refractivity contribution in [3.05, 3.63) is 29.6 Å². The molecule has 0 bridgehead atoms. The zero-order valence-corrected chi connectivity index (χ0v) is 9.87. The lowest BCUT2D eigenvalue weighted by atomic mass is 10.1. The van der Waals surface area contributed by atoms with E-state index in [-0.39, 0.29) is 11.6 Å². The highest BCUT2D eigenvalue weighted by molar-refractivity contribution is 5.98. The molecule has 0 radical (unpaired) electrons. The standard InChI is InChI=1S/C12H18FN3O/c1-2-3-9(7-14)16-11-5-4-8(13)6-10(11)12(15)17/h4-6,9,16H,2-3,7,14H2,1H3,(H2,15,17). The Morgan fingerprint density at radius 2 is 2.24 bits per heavy atom. The molecular formula is C12H18FN3O. The summed E-state index contributed by atoms with van der Waals surface area (Å²) < 4.78 is 13.0. The first-order chi connectivity index (χ1) is 8.08. The molecule has 4 nitrogen and oxygen atoms in total. The number of carbonyl (C=O) groups excluding carboxylic acids is 1. The molecule has 0 spiro atoms. The number of primary amides is 1. The molecule has 5 heteroatoms. The van der Waals surface area contributed by atoms with Crippen LogP contribution in [0.15, 0.2) is 18.2 Å². The lowest BCUT2D eigenvalue weighted by molar-refractivity contribution is 0.100. The molecule has 1 aromatic carbocycles. The number of rotatable bonds is 6. The van der Waals surface area contributed by atoms with Crippen LogP contribution < -0.4 is 16.8 Å². The number of benzene rings is 1. The van der Waals surface area contributed by atoms with E-state index in [0.29, 0.717) is 12.2 Å². The van der Waals surface area contributed by atoms with Crippen molar-refractivity contribution in [1.82, 2.24) is 0 Å². The smallest absolute Gasteiger partial charge is 0.250 e. The third kappa shape index (κ3) is 3.71. The Labute approximate surface area is 100 Å². The molecule has 0 aliphatic rings. The Hall–Kier alpha value is -1.62. The van der Waals surface area contributed by atoms with Crippen LogP contribution in [0.1, 0.15) is 30.1 Å². The summed E-state index contributed by atoms with van der Waals surface area (Å²) in [6, 6.07) is 3.98. The van der Waals surface area contributed by atoms with Gasteiger partial charge in [0.15, 0.2) is 0 Å². The monoisotopic (exact) mass is 239 g/mol. The van der Waals surface area contributed by atoms with Crippen molar-refractivity contribution in [3.63, 3.8) is 0 Å². The van der Waals surface area contributed by atoms with E-state index in [2.05, 4.69) is 5.32 Å². The van der Waals surface area contributed by atoms with Crippen LogP contribution in [0, 0.1) is 5.82 Å². The van der Waals surface area contributed by atoms with Crippen molar-refractivity contribution in [3.8, 4) is 0 Å². The van der Waals surface area contributed by atoms with Gasteiger partial charge in [-0.1, -0.05) is 13.3 Å². The van der Waals surface area contributed by atoms with Crippen LogP contribution in [-0.4, -0.2) is 18.5 Å². The second-order valence-electron chi connectivity index (χ2n) is 3.92. The number of nitrogens with two attached hydrogens (primary N) is 2. The fourth-order valence-corrected chi connectivity index (χ4v) is 1.66. The van der Waals surface area contributed by atoms with Gasteiger partial charge in [-0.15, -0.1) is 0 Å².